The van der Waals surface area contributed by atoms with Gasteiger partial charge in [0.2, 0.25) is 0 Å². The molecule has 0 bridgehead atoms. The lowest BCUT2D eigenvalue weighted by Gasteiger charge is -2.03. The van der Waals surface area contributed by atoms with E-state index in [2.05, 4.69) is 28.0 Å². The maximum atomic E-state index is 11.7. The normalized spacial score (nSPS) is 10.3. The van der Waals surface area contributed by atoms with Gasteiger partial charge in [0, 0.05) is 30.5 Å². The van der Waals surface area contributed by atoms with Gasteiger partial charge in [-0.3, -0.25) is 9.48 Å². The molecule has 18 heavy (non-hydrogen) atoms. The minimum atomic E-state index is -0.0930. The zero-order valence-corrected chi connectivity index (χ0v) is 10.9. The predicted molar refractivity (Wildman–Crippen MR) is 72.6 cm³/mol. The number of nitrogens with one attached hydrogen (secondary N) is 1. The number of amides is 1. The second-order valence-corrected chi connectivity index (χ2v) is 4.25. The number of hydrogen-bond acceptors (Lipinski definition) is 4. The Morgan fingerprint density at radius 1 is 1.39 bits per heavy atom. The summed E-state index contributed by atoms with van der Waals surface area (Å²) < 4.78 is 1.64. The highest BCUT2D eigenvalue weighted by atomic mass is 32.1. The topological polar surface area (TPSA) is 59.8 Å². The average molecular weight is 262 g/mol. The Balaban J connectivity index is 2.12. The zero-order chi connectivity index (χ0) is 13.0. The second kappa shape index (κ2) is 5.68. The molecule has 1 heterocycles. The molecule has 2 rings (SSSR count). The van der Waals surface area contributed by atoms with Crippen LogP contribution in [0.1, 0.15) is 10.4 Å². The average Bonchev–Trinajstić information content (AvgIpc) is 2.83. The molecular formula is C12H14N4OS. The van der Waals surface area contributed by atoms with E-state index in [9.17, 15) is 4.79 Å². The number of rotatable bonds is 4. The summed E-state index contributed by atoms with van der Waals surface area (Å²) in [6.07, 6.45) is 1.64. The predicted octanol–water partition coefficient (Wildman–Crippen LogP) is 1.14. The van der Waals surface area contributed by atoms with Crippen molar-refractivity contribution < 1.29 is 4.79 Å². The Kier molecular flexibility index (Phi) is 3.99. The molecule has 0 saturated carbocycles. The molecule has 0 aliphatic heterocycles. The molecular weight excluding hydrogens is 248 g/mol. The van der Waals surface area contributed by atoms with Crippen molar-refractivity contribution in [2.75, 3.05) is 12.3 Å². The third kappa shape index (κ3) is 2.89. The zero-order valence-electron chi connectivity index (χ0n) is 10.00. The van der Waals surface area contributed by atoms with Gasteiger partial charge in [0.1, 0.15) is 6.33 Å². The van der Waals surface area contributed by atoms with Crippen LogP contribution in [0, 0.1) is 0 Å². The third-order valence-corrected chi connectivity index (χ3v) is 2.63. The molecule has 5 nitrogen and oxygen atoms in total. The van der Waals surface area contributed by atoms with Gasteiger partial charge >= 0.3 is 0 Å². The second-order valence-electron chi connectivity index (χ2n) is 3.80. The number of aromatic nitrogens is 3. The van der Waals surface area contributed by atoms with Crippen molar-refractivity contribution in [1.29, 1.82) is 0 Å². The highest BCUT2D eigenvalue weighted by molar-refractivity contribution is 7.80. The van der Waals surface area contributed by atoms with E-state index in [-0.39, 0.29) is 5.91 Å². The number of hydrogen-bond donors (Lipinski definition) is 2. The summed E-state index contributed by atoms with van der Waals surface area (Å²) in [7, 11) is 1.82. The number of carbonyl (C=O) groups excluding carboxylic acids is 1. The fourth-order valence-electron chi connectivity index (χ4n) is 1.51. The molecule has 0 aliphatic carbocycles. The van der Waals surface area contributed by atoms with E-state index in [4.69, 9.17) is 0 Å². The number of nitrogens with zero attached hydrogens (tertiary/aromatic N) is 3. The first-order valence-electron chi connectivity index (χ1n) is 5.56. The van der Waals surface area contributed by atoms with Gasteiger partial charge in [0.25, 0.3) is 5.91 Å². The summed E-state index contributed by atoms with van der Waals surface area (Å²) >= 11 is 4.04. The van der Waals surface area contributed by atoms with Gasteiger partial charge < -0.3 is 5.32 Å². The van der Waals surface area contributed by atoms with E-state index in [0.717, 1.165) is 5.56 Å². The number of benzene rings is 1. The van der Waals surface area contributed by atoms with Gasteiger partial charge in [0.15, 0.2) is 5.82 Å². The molecule has 0 radical (unpaired) electrons. The third-order valence-electron chi connectivity index (χ3n) is 2.40. The lowest BCUT2D eigenvalue weighted by molar-refractivity contribution is 0.0956. The molecule has 1 aromatic carbocycles. The number of thiol groups is 1. The van der Waals surface area contributed by atoms with Gasteiger partial charge in [0.05, 0.1) is 0 Å². The molecule has 0 unspecified atom stereocenters. The van der Waals surface area contributed by atoms with Crippen molar-refractivity contribution >= 4 is 18.5 Å². The highest BCUT2D eigenvalue weighted by Gasteiger charge is 2.06. The van der Waals surface area contributed by atoms with Gasteiger partial charge in [-0.05, 0) is 12.1 Å². The molecule has 0 saturated heterocycles. The van der Waals surface area contributed by atoms with Crippen LogP contribution in [-0.4, -0.2) is 33.0 Å². The molecule has 0 atom stereocenters. The molecule has 6 heteroatoms. The van der Waals surface area contributed by atoms with Crippen LogP contribution in [0.2, 0.25) is 0 Å². The summed E-state index contributed by atoms with van der Waals surface area (Å²) in [6, 6.07) is 7.20. The van der Waals surface area contributed by atoms with E-state index in [0.29, 0.717) is 23.7 Å². The van der Waals surface area contributed by atoms with Gasteiger partial charge in [-0.15, -0.1) is 0 Å². The Bertz CT molecular complexity index is 535. The van der Waals surface area contributed by atoms with Crippen molar-refractivity contribution in [3.05, 3.63) is 36.2 Å². The van der Waals surface area contributed by atoms with Crippen molar-refractivity contribution in [2.24, 2.45) is 7.05 Å². The standard InChI is InChI=1S/C12H14N4OS/c1-16-8-14-11(15-16)9-2-4-10(5-3-9)12(17)13-6-7-18/h2-5,8,18H,6-7H2,1H3,(H,13,17). The number of aryl methyl sites for hydroxylation is 1. The van der Waals surface area contributed by atoms with E-state index in [1.54, 1.807) is 23.1 Å². The summed E-state index contributed by atoms with van der Waals surface area (Å²) in [4.78, 5) is 15.8. The van der Waals surface area contributed by atoms with Crippen molar-refractivity contribution in [1.82, 2.24) is 20.1 Å². The molecule has 0 fully saturated rings. The van der Waals surface area contributed by atoms with Crippen molar-refractivity contribution in [3.63, 3.8) is 0 Å². The van der Waals surface area contributed by atoms with Gasteiger partial charge in [-0.1, -0.05) is 12.1 Å². The van der Waals surface area contributed by atoms with Crippen LogP contribution in [0.5, 0.6) is 0 Å². The van der Waals surface area contributed by atoms with Crippen LogP contribution in [0.15, 0.2) is 30.6 Å². The lowest BCUT2D eigenvalue weighted by Crippen LogP contribution is -2.25. The SMILES string of the molecule is Cn1cnc(-c2ccc(C(=O)NCCS)cc2)n1. The summed E-state index contributed by atoms with van der Waals surface area (Å²) in [6.45, 7) is 0.561. The summed E-state index contributed by atoms with van der Waals surface area (Å²) in [5.41, 5.74) is 1.51. The molecule has 1 aromatic heterocycles. The highest BCUT2D eigenvalue weighted by Crippen LogP contribution is 2.14. The van der Waals surface area contributed by atoms with Crippen molar-refractivity contribution in [3.8, 4) is 11.4 Å². The minimum absolute atomic E-state index is 0.0930. The van der Waals surface area contributed by atoms with Crippen LogP contribution in [0.25, 0.3) is 11.4 Å². The Labute approximate surface area is 111 Å². The van der Waals surface area contributed by atoms with E-state index in [1.165, 1.54) is 0 Å². The van der Waals surface area contributed by atoms with Crippen LogP contribution < -0.4 is 5.32 Å². The first-order valence-corrected chi connectivity index (χ1v) is 6.19. The lowest BCUT2D eigenvalue weighted by atomic mass is 10.1. The molecule has 2 aromatic rings. The molecule has 0 aliphatic rings. The van der Waals surface area contributed by atoms with Crippen molar-refractivity contribution in [2.45, 2.75) is 0 Å². The van der Waals surface area contributed by atoms with Crippen LogP contribution in [0.4, 0.5) is 0 Å². The number of carbonyl (C=O) groups is 1. The van der Waals surface area contributed by atoms with Gasteiger partial charge in [-0.2, -0.15) is 17.7 Å². The first-order chi connectivity index (χ1) is 8.70. The molecule has 1 N–H and O–H groups in total. The Morgan fingerprint density at radius 3 is 2.67 bits per heavy atom. The van der Waals surface area contributed by atoms with E-state index in [1.807, 2.05) is 19.2 Å². The maximum absolute atomic E-state index is 11.7. The smallest absolute Gasteiger partial charge is 0.251 e. The largest absolute Gasteiger partial charge is 0.351 e. The molecule has 0 spiro atoms. The van der Waals surface area contributed by atoms with Crippen LogP contribution in [0.3, 0.4) is 0 Å². The quantitative estimate of drug-likeness (QED) is 0.812. The Morgan fingerprint density at radius 2 is 2.11 bits per heavy atom. The fraction of sp³-hybridized carbons (Fsp3) is 0.250. The fourth-order valence-corrected chi connectivity index (χ4v) is 1.63. The van der Waals surface area contributed by atoms with E-state index < -0.39 is 0 Å². The van der Waals surface area contributed by atoms with E-state index >= 15 is 0 Å². The summed E-state index contributed by atoms with van der Waals surface area (Å²) in [5.74, 6) is 1.19. The monoisotopic (exact) mass is 262 g/mol. The molecule has 1 amide bonds. The summed E-state index contributed by atoms with van der Waals surface area (Å²) in [5, 5.41) is 6.96. The first kappa shape index (κ1) is 12.6. The van der Waals surface area contributed by atoms with Crippen LogP contribution >= 0.6 is 12.6 Å². The molecule has 94 valence electrons. The van der Waals surface area contributed by atoms with Gasteiger partial charge in [-0.25, -0.2) is 4.98 Å². The maximum Gasteiger partial charge on any atom is 0.251 e. The Hall–Kier alpha value is -1.82. The minimum Gasteiger partial charge on any atom is -0.351 e. The van der Waals surface area contributed by atoms with Crippen LogP contribution in [-0.2, 0) is 7.05 Å².